The number of hydrogen-bond donors (Lipinski definition) is 3. The van der Waals surface area contributed by atoms with Gasteiger partial charge in [-0.15, -0.1) is 0 Å². The molecule has 0 saturated heterocycles. The zero-order valence-corrected chi connectivity index (χ0v) is 11.6. The maximum absolute atomic E-state index is 11.5. The van der Waals surface area contributed by atoms with Crippen molar-refractivity contribution in [2.45, 2.75) is 33.2 Å². The van der Waals surface area contributed by atoms with Crippen molar-refractivity contribution in [3.8, 4) is 0 Å². The van der Waals surface area contributed by atoms with Gasteiger partial charge in [0.25, 0.3) is 0 Å². The van der Waals surface area contributed by atoms with Crippen LogP contribution in [0.2, 0.25) is 0 Å². The number of carboxylic acid groups (broad SMARTS) is 1. The van der Waals surface area contributed by atoms with E-state index in [1.54, 1.807) is 6.92 Å². The molecule has 0 spiro atoms. The van der Waals surface area contributed by atoms with Gasteiger partial charge in [-0.1, -0.05) is 13.8 Å². The number of hydrogen-bond acceptors (Lipinski definition) is 4. The van der Waals surface area contributed by atoms with E-state index in [9.17, 15) is 14.4 Å². The molecule has 0 saturated carbocycles. The maximum atomic E-state index is 11.5. The van der Waals surface area contributed by atoms with Crippen molar-refractivity contribution in [2.75, 3.05) is 19.8 Å². The molecule has 2 amide bonds. The second kappa shape index (κ2) is 9.32. The molecular weight excluding hydrogens is 252 g/mol. The molecule has 1 atom stereocenters. The topological polar surface area (TPSA) is 105 Å². The van der Waals surface area contributed by atoms with Gasteiger partial charge < -0.3 is 20.5 Å². The largest absolute Gasteiger partial charge is 0.480 e. The molecule has 0 bridgehead atoms. The molecule has 0 unspecified atom stereocenters. The summed E-state index contributed by atoms with van der Waals surface area (Å²) < 4.78 is 4.86. The number of amides is 2. The molecule has 0 radical (unpaired) electrons. The third-order valence-electron chi connectivity index (χ3n) is 2.22. The van der Waals surface area contributed by atoms with E-state index >= 15 is 0 Å². The molecule has 7 nitrogen and oxygen atoms in total. The molecule has 0 aliphatic heterocycles. The molecule has 0 aliphatic rings. The van der Waals surface area contributed by atoms with Crippen LogP contribution in [0.3, 0.4) is 0 Å². The number of carbonyl (C=O) groups is 3. The van der Waals surface area contributed by atoms with E-state index in [2.05, 4.69) is 10.6 Å². The Morgan fingerprint density at radius 2 is 1.84 bits per heavy atom. The van der Waals surface area contributed by atoms with Gasteiger partial charge in [-0.2, -0.15) is 0 Å². The van der Waals surface area contributed by atoms with Crippen molar-refractivity contribution in [3.05, 3.63) is 0 Å². The average Bonchev–Trinajstić information content (AvgIpc) is 2.32. The number of carboxylic acids is 1. The predicted molar refractivity (Wildman–Crippen MR) is 68.5 cm³/mol. The van der Waals surface area contributed by atoms with Gasteiger partial charge >= 0.3 is 5.97 Å². The molecule has 0 aromatic carbocycles. The van der Waals surface area contributed by atoms with Crippen LogP contribution in [0.4, 0.5) is 0 Å². The van der Waals surface area contributed by atoms with Gasteiger partial charge in [0.2, 0.25) is 11.8 Å². The summed E-state index contributed by atoms with van der Waals surface area (Å²) in [7, 11) is 0. The lowest BCUT2D eigenvalue weighted by atomic mass is 10.0. The first kappa shape index (κ1) is 17.4. The van der Waals surface area contributed by atoms with E-state index in [1.807, 2.05) is 13.8 Å². The predicted octanol–water partition coefficient (Wildman–Crippen LogP) is -0.245. The van der Waals surface area contributed by atoms with E-state index in [0.29, 0.717) is 13.0 Å². The lowest BCUT2D eigenvalue weighted by Gasteiger charge is -2.16. The number of aliphatic carboxylic acids is 1. The van der Waals surface area contributed by atoms with Crippen molar-refractivity contribution < 1.29 is 24.2 Å². The standard InChI is InChI=1S/C12H22N2O5/c1-4-19-7-11(16)13-6-10(15)14-9(12(17)18)5-8(2)3/h8-9H,4-7H2,1-3H3,(H,13,16)(H,14,15)(H,17,18)/t9-/m0/s1. The Bertz CT molecular complexity index is 317. The summed E-state index contributed by atoms with van der Waals surface area (Å²) in [6.07, 6.45) is 0.341. The van der Waals surface area contributed by atoms with Gasteiger partial charge in [0.15, 0.2) is 0 Å². The van der Waals surface area contributed by atoms with Crippen LogP contribution in [-0.2, 0) is 19.1 Å². The summed E-state index contributed by atoms with van der Waals surface area (Å²) in [4.78, 5) is 33.6. The first-order chi connectivity index (χ1) is 8.86. The van der Waals surface area contributed by atoms with E-state index in [1.165, 1.54) is 0 Å². The molecule has 0 aromatic rings. The SMILES string of the molecule is CCOCC(=O)NCC(=O)N[C@@H](CC(C)C)C(=O)O. The van der Waals surface area contributed by atoms with Gasteiger partial charge in [0.1, 0.15) is 12.6 Å². The van der Waals surface area contributed by atoms with Crippen LogP contribution >= 0.6 is 0 Å². The van der Waals surface area contributed by atoms with Gasteiger partial charge in [0, 0.05) is 6.61 Å². The fourth-order valence-corrected chi connectivity index (χ4v) is 1.36. The fourth-order valence-electron chi connectivity index (χ4n) is 1.36. The molecule has 0 heterocycles. The van der Waals surface area contributed by atoms with Gasteiger partial charge in [-0.25, -0.2) is 4.79 Å². The molecule has 0 aliphatic carbocycles. The number of carbonyl (C=O) groups excluding carboxylic acids is 2. The zero-order valence-electron chi connectivity index (χ0n) is 11.6. The van der Waals surface area contributed by atoms with Gasteiger partial charge in [0.05, 0.1) is 6.54 Å². The Balaban J connectivity index is 4.06. The third kappa shape index (κ3) is 9.01. The minimum Gasteiger partial charge on any atom is -0.480 e. The van der Waals surface area contributed by atoms with Crippen LogP contribution in [-0.4, -0.2) is 48.7 Å². The molecule has 19 heavy (non-hydrogen) atoms. The van der Waals surface area contributed by atoms with Crippen LogP contribution in [0.1, 0.15) is 27.2 Å². The summed E-state index contributed by atoms with van der Waals surface area (Å²) in [5, 5.41) is 13.7. The summed E-state index contributed by atoms with van der Waals surface area (Å²) in [5.74, 6) is -1.87. The number of rotatable bonds is 9. The Morgan fingerprint density at radius 1 is 1.21 bits per heavy atom. The molecule has 0 rings (SSSR count). The Labute approximate surface area is 112 Å². The lowest BCUT2D eigenvalue weighted by molar-refractivity contribution is -0.142. The van der Waals surface area contributed by atoms with Crippen LogP contribution in [0.15, 0.2) is 0 Å². The minimum absolute atomic E-state index is 0.113. The summed E-state index contributed by atoms with van der Waals surface area (Å²) in [5.41, 5.74) is 0. The quantitative estimate of drug-likeness (QED) is 0.538. The summed E-state index contributed by atoms with van der Waals surface area (Å²) in [6.45, 7) is 5.53. The van der Waals surface area contributed by atoms with Gasteiger partial charge in [-0.05, 0) is 19.3 Å². The Hall–Kier alpha value is -1.63. The normalized spacial score (nSPS) is 12.0. The maximum Gasteiger partial charge on any atom is 0.326 e. The van der Waals surface area contributed by atoms with Crippen molar-refractivity contribution in [3.63, 3.8) is 0 Å². The van der Waals surface area contributed by atoms with Gasteiger partial charge in [-0.3, -0.25) is 9.59 Å². The van der Waals surface area contributed by atoms with E-state index < -0.39 is 23.8 Å². The van der Waals surface area contributed by atoms with Crippen molar-refractivity contribution in [2.24, 2.45) is 5.92 Å². The summed E-state index contributed by atoms with van der Waals surface area (Å²) in [6, 6.07) is -0.934. The van der Waals surface area contributed by atoms with Crippen LogP contribution < -0.4 is 10.6 Å². The van der Waals surface area contributed by atoms with Crippen LogP contribution in [0, 0.1) is 5.92 Å². The van der Waals surface area contributed by atoms with E-state index in [4.69, 9.17) is 9.84 Å². The molecule has 0 fully saturated rings. The molecule has 7 heteroatoms. The lowest BCUT2D eigenvalue weighted by Crippen LogP contribution is -2.46. The smallest absolute Gasteiger partial charge is 0.326 e. The molecule has 110 valence electrons. The fraction of sp³-hybridized carbons (Fsp3) is 0.750. The first-order valence-electron chi connectivity index (χ1n) is 6.23. The average molecular weight is 274 g/mol. The monoisotopic (exact) mass is 274 g/mol. The second-order valence-electron chi connectivity index (χ2n) is 4.50. The van der Waals surface area contributed by atoms with Crippen molar-refractivity contribution in [1.82, 2.24) is 10.6 Å². The number of nitrogens with one attached hydrogen (secondary N) is 2. The Morgan fingerprint density at radius 3 is 2.32 bits per heavy atom. The Kier molecular flexibility index (Phi) is 8.52. The van der Waals surface area contributed by atoms with E-state index in [-0.39, 0.29) is 19.1 Å². The first-order valence-corrected chi connectivity index (χ1v) is 6.23. The highest BCUT2D eigenvalue weighted by molar-refractivity contribution is 5.88. The molecule has 3 N–H and O–H groups in total. The van der Waals surface area contributed by atoms with Crippen LogP contribution in [0.25, 0.3) is 0 Å². The van der Waals surface area contributed by atoms with Crippen molar-refractivity contribution in [1.29, 1.82) is 0 Å². The highest BCUT2D eigenvalue weighted by atomic mass is 16.5. The zero-order chi connectivity index (χ0) is 14.8. The second-order valence-corrected chi connectivity index (χ2v) is 4.50. The third-order valence-corrected chi connectivity index (χ3v) is 2.22. The minimum atomic E-state index is -1.08. The summed E-state index contributed by atoms with van der Waals surface area (Å²) >= 11 is 0. The highest BCUT2D eigenvalue weighted by Crippen LogP contribution is 2.04. The molecular formula is C12H22N2O5. The highest BCUT2D eigenvalue weighted by Gasteiger charge is 2.20. The van der Waals surface area contributed by atoms with E-state index in [0.717, 1.165) is 0 Å². The van der Waals surface area contributed by atoms with Crippen LogP contribution in [0.5, 0.6) is 0 Å². The molecule has 0 aromatic heterocycles. The van der Waals surface area contributed by atoms with Crippen molar-refractivity contribution >= 4 is 17.8 Å². The number of ether oxygens (including phenoxy) is 1.